The van der Waals surface area contributed by atoms with Crippen molar-refractivity contribution in [3.63, 3.8) is 0 Å². The van der Waals surface area contributed by atoms with Crippen LogP contribution in [-0.2, 0) is 6.42 Å². The second-order valence-electron chi connectivity index (χ2n) is 6.24. The van der Waals surface area contributed by atoms with E-state index in [0.29, 0.717) is 11.3 Å². The first-order valence-corrected chi connectivity index (χ1v) is 6.45. The molecule has 3 rings (SSSR count). The van der Waals surface area contributed by atoms with Gasteiger partial charge >= 0.3 is 0 Å². The first-order valence-electron chi connectivity index (χ1n) is 6.45. The second kappa shape index (κ2) is 3.49. The van der Waals surface area contributed by atoms with Crippen LogP contribution in [0.4, 0.5) is 0 Å². The predicted molar refractivity (Wildman–Crippen MR) is 67.1 cm³/mol. The molecule has 1 saturated carbocycles. The van der Waals surface area contributed by atoms with E-state index in [4.69, 9.17) is 4.74 Å². The van der Waals surface area contributed by atoms with E-state index < -0.39 is 0 Å². The summed E-state index contributed by atoms with van der Waals surface area (Å²) >= 11 is 0. The fraction of sp³-hybridized carbons (Fsp3) is 0.600. The highest BCUT2D eigenvalue weighted by Crippen LogP contribution is 2.57. The molecule has 2 nitrogen and oxygen atoms in total. The predicted octanol–water partition coefficient (Wildman–Crippen LogP) is 3.09. The van der Waals surface area contributed by atoms with E-state index in [1.54, 1.807) is 0 Å². The normalized spacial score (nSPS) is 30.6. The van der Waals surface area contributed by atoms with Gasteiger partial charge in [-0.2, -0.15) is 0 Å². The zero-order valence-corrected chi connectivity index (χ0v) is 10.7. The zero-order valence-electron chi connectivity index (χ0n) is 10.7. The Labute approximate surface area is 103 Å². The minimum atomic E-state index is -0.314. The largest absolute Gasteiger partial charge is 0.490 e. The summed E-state index contributed by atoms with van der Waals surface area (Å²) in [5, 5.41) is 10.4. The van der Waals surface area contributed by atoms with Crippen LogP contribution in [-0.4, -0.2) is 11.2 Å². The third kappa shape index (κ3) is 1.85. The van der Waals surface area contributed by atoms with E-state index in [1.165, 1.54) is 5.56 Å². The number of rotatable bonds is 2. The molecule has 1 fully saturated rings. The number of aliphatic hydroxyl groups excluding tert-OH is 1. The molecule has 1 N–H and O–H groups in total. The Kier molecular flexibility index (Phi) is 2.27. The van der Waals surface area contributed by atoms with Gasteiger partial charge in [-0.25, -0.2) is 0 Å². The first-order chi connectivity index (χ1) is 7.97. The van der Waals surface area contributed by atoms with Gasteiger partial charge in [0.05, 0.1) is 6.10 Å². The van der Waals surface area contributed by atoms with E-state index in [0.717, 1.165) is 24.2 Å². The quantitative estimate of drug-likeness (QED) is 0.849. The van der Waals surface area contributed by atoms with Gasteiger partial charge in [0.15, 0.2) is 0 Å². The molecule has 0 spiro atoms. The Morgan fingerprint density at radius 3 is 2.76 bits per heavy atom. The minimum absolute atomic E-state index is 0.273. The standard InChI is InChI=1S/C15H20O2/c1-9-6-11-7-10(4-5-13(11)17-9)14(16)12-8-15(12,2)3/h4-5,7,9,12,14,16H,6,8H2,1-3H3. The molecule has 1 aromatic carbocycles. The molecule has 1 aromatic rings. The van der Waals surface area contributed by atoms with Gasteiger partial charge in [0.25, 0.3) is 0 Å². The van der Waals surface area contributed by atoms with Gasteiger partial charge in [-0.15, -0.1) is 0 Å². The molecular weight excluding hydrogens is 212 g/mol. The number of hydrogen-bond acceptors (Lipinski definition) is 2. The molecule has 2 aliphatic rings. The van der Waals surface area contributed by atoms with Crippen molar-refractivity contribution in [3.05, 3.63) is 29.3 Å². The smallest absolute Gasteiger partial charge is 0.123 e. The Hall–Kier alpha value is -1.02. The SMILES string of the molecule is CC1Cc2cc(C(O)C3CC3(C)C)ccc2O1. The summed E-state index contributed by atoms with van der Waals surface area (Å²) in [4.78, 5) is 0. The summed E-state index contributed by atoms with van der Waals surface area (Å²) < 4.78 is 5.68. The van der Waals surface area contributed by atoms with Crippen LogP contribution in [0.25, 0.3) is 0 Å². The van der Waals surface area contributed by atoms with Gasteiger partial charge < -0.3 is 9.84 Å². The fourth-order valence-electron chi connectivity index (χ4n) is 2.91. The number of ether oxygens (including phenoxy) is 1. The molecule has 0 bridgehead atoms. The lowest BCUT2D eigenvalue weighted by molar-refractivity contribution is 0.138. The maximum absolute atomic E-state index is 10.4. The molecular formula is C15H20O2. The number of aliphatic hydroxyl groups is 1. The zero-order chi connectivity index (χ0) is 12.2. The summed E-state index contributed by atoms with van der Waals surface area (Å²) in [5.41, 5.74) is 2.60. The lowest BCUT2D eigenvalue weighted by Gasteiger charge is -2.13. The molecule has 17 heavy (non-hydrogen) atoms. The average Bonchev–Trinajstić information content (AvgIpc) is 2.73. The molecule has 92 valence electrons. The molecule has 0 aromatic heterocycles. The molecule has 1 aliphatic heterocycles. The van der Waals surface area contributed by atoms with Crippen molar-refractivity contribution in [3.8, 4) is 5.75 Å². The highest BCUT2D eigenvalue weighted by Gasteiger charge is 2.50. The van der Waals surface area contributed by atoms with Crippen LogP contribution < -0.4 is 4.74 Å². The van der Waals surface area contributed by atoms with E-state index >= 15 is 0 Å². The van der Waals surface area contributed by atoms with Crippen LogP contribution in [0.15, 0.2) is 18.2 Å². The molecule has 3 atom stereocenters. The second-order valence-corrected chi connectivity index (χ2v) is 6.24. The van der Waals surface area contributed by atoms with Crippen molar-refractivity contribution in [2.24, 2.45) is 11.3 Å². The van der Waals surface area contributed by atoms with Gasteiger partial charge in [-0.3, -0.25) is 0 Å². The number of fused-ring (bicyclic) bond motifs is 1. The molecule has 1 heterocycles. The highest BCUT2D eigenvalue weighted by atomic mass is 16.5. The number of benzene rings is 1. The summed E-state index contributed by atoms with van der Waals surface area (Å²) in [5.74, 6) is 1.41. The molecule has 1 aliphatic carbocycles. The maximum atomic E-state index is 10.4. The van der Waals surface area contributed by atoms with Gasteiger partial charge in [0.1, 0.15) is 11.9 Å². The third-order valence-corrected chi connectivity index (χ3v) is 4.23. The monoisotopic (exact) mass is 232 g/mol. The van der Waals surface area contributed by atoms with Crippen molar-refractivity contribution in [1.82, 2.24) is 0 Å². The van der Waals surface area contributed by atoms with E-state index in [1.807, 2.05) is 12.1 Å². The minimum Gasteiger partial charge on any atom is -0.490 e. The van der Waals surface area contributed by atoms with Gasteiger partial charge in [0.2, 0.25) is 0 Å². The summed E-state index contributed by atoms with van der Waals surface area (Å²) in [6, 6.07) is 6.14. The van der Waals surface area contributed by atoms with Crippen LogP contribution in [0, 0.1) is 11.3 Å². The van der Waals surface area contributed by atoms with Crippen molar-refractivity contribution < 1.29 is 9.84 Å². The van der Waals surface area contributed by atoms with Crippen molar-refractivity contribution in [2.45, 2.75) is 45.8 Å². The first kappa shape index (κ1) is 11.1. The topological polar surface area (TPSA) is 29.5 Å². The third-order valence-electron chi connectivity index (χ3n) is 4.23. The lowest BCUT2D eigenvalue weighted by Crippen LogP contribution is -2.05. The van der Waals surface area contributed by atoms with Crippen LogP contribution in [0.3, 0.4) is 0 Å². The molecule has 2 heteroatoms. The Morgan fingerprint density at radius 1 is 1.41 bits per heavy atom. The van der Waals surface area contributed by atoms with E-state index in [9.17, 15) is 5.11 Å². The van der Waals surface area contributed by atoms with Gasteiger partial charge in [-0.1, -0.05) is 19.9 Å². The van der Waals surface area contributed by atoms with E-state index in [-0.39, 0.29) is 12.2 Å². The van der Waals surface area contributed by atoms with Gasteiger partial charge in [0, 0.05) is 6.42 Å². The van der Waals surface area contributed by atoms with Crippen molar-refractivity contribution in [2.75, 3.05) is 0 Å². The molecule has 3 unspecified atom stereocenters. The van der Waals surface area contributed by atoms with Crippen LogP contribution in [0.2, 0.25) is 0 Å². The average molecular weight is 232 g/mol. The summed E-state index contributed by atoms with van der Waals surface area (Å²) in [7, 11) is 0. The van der Waals surface area contributed by atoms with Crippen molar-refractivity contribution >= 4 is 0 Å². The maximum Gasteiger partial charge on any atom is 0.123 e. The van der Waals surface area contributed by atoms with Gasteiger partial charge in [-0.05, 0) is 47.9 Å². The molecule has 0 saturated heterocycles. The van der Waals surface area contributed by atoms with Crippen LogP contribution >= 0.6 is 0 Å². The van der Waals surface area contributed by atoms with Crippen LogP contribution in [0.5, 0.6) is 5.75 Å². The van der Waals surface area contributed by atoms with Crippen molar-refractivity contribution in [1.29, 1.82) is 0 Å². The molecule has 0 radical (unpaired) electrons. The number of hydrogen-bond donors (Lipinski definition) is 1. The summed E-state index contributed by atoms with van der Waals surface area (Å²) in [6.07, 6.45) is 2.04. The Morgan fingerprint density at radius 2 is 2.12 bits per heavy atom. The van der Waals surface area contributed by atoms with E-state index in [2.05, 4.69) is 26.8 Å². The Balaban J connectivity index is 1.83. The lowest BCUT2D eigenvalue weighted by atomic mass is 9.97. The highest BCUT2D eigenvalue weighted by molar-refractivity contribution is 5.41. The molecule has 0 amide bonds. The summed E-state index contributed by atoms with van der Waals surface area (Å²) in [6.45, 7) is 6.53. The Bertz CT molecular complexity index is 450. The fourth-order valence-corrected chi connectivity index (χ4v) is 2.91. The van der Waals surface area contributed by atoms with Crippen LogP contribution in [0.1, 0.15) is 44.4 Å².